The summed E-state index contributed by atoms with van der Waals surface area (Å²) < 4.78 is 5.08. The van der Waals surface area contributed by atoms with Gasteiger partial charge in [0.05, 0.1) is 5.92 Å². The predicted octanol–water partition coefficient (Wildman–Crippen LogP) is 3.13. The molecule has 0 radical (unpaired) electrons. The molecule has 0 bridgehead atoms. The van der Waals surface area contributed by atoms with E-state index in [1.165, 1.54) is 0 Å². The van der Waals surface area contributed by atoms with E-state index < -0.39 is 0 Å². The first kappa shape index (κ1) is 20.1. The van der Waals surface area contributed by atoms with Crippen LogP contribution in [0.15, 0.2) is 47.0 Å². The second-order valence-corrected chi connectivity index (χ2v) is 7.75. The minimum atomic E-state index is -0.177. The van der Waals surface area contributed by atoms with Gasteiger partial charge in [-0.2, -0.15) is 4.98 Å². The van der Waals surface area contributed by atoms with E-state index in [1.54, 1.807) is 6.92 Å². The van der Waals surface area contributed by atoms with Gasteiger partial charge >= 0.3 is 0 Å². The first-order chi connectivity index (χ1) is 14.6. The van der Waals surface area contributed by atoms with Crippen LogP contribution in [0.1, 0.15) is 41.3 Å². The number of aromatic nitrogens is 2. The lowest BCUT2D eigenvalue weighted by Gasteiger charge is -2.32. The van der Waals surface area contributed by atoms with Gasteiger partial charge in [-0.1, -0.05) is 41.6 Å². The molecule has 1 fully saturated rings. The average molecular weight is 406 g/mol. The number of aryl methyl sites for hydroxylation is 2. The molecular formula is C23H26N4O3. The van der Waals surface area contributed by atoms with Crippen molar-refractivity contribution in [2.45, 2.75) is 32.6 Å². The van der Waals surface area contributed by atoms with Crippen LogP contribution >= 0.6 is 0 Å². The van der Waals surface area contributed by atoms with Crippen molar-refractivity contribution in [3.63, 3.8) is 0 Å². The Kier molecular flexibility index (Phi) is 6.07. The molecule has 1 unspecified atom stereocenters. The molecule has 1 N–H and O–H groups in total. The molecule has 1 aliphatic heterocycles. The van der Waals surface area contributed by atoms with Gasteiger partial charge in [0.15, 0.2) is 5.82 Å². The van der Waals surface area contributed by atoms with Gasteiger partial charge in [-0.15, -0.1) is 0 Å². The zero-order chi connectivity index (χ0) is 20.9. The quantitative estimate of drug-likeness (QED) is 0.636. The maximum absolute atomic E-state index is 13.2. The Bertz CT molecular complexity index is 1040. The molecule has 1 aromatic heterocycles. The summed E-state index contributed by atoms with van der Waals surface area (Å²) >= 11 is 0. The number of rotatable bonds is 6. The number of likely N-dealkylation sites (tertiary alicyclic amines) is 1. The van der Waals surface area contributed by atoms with E-state index in [4.69, 9.17) is 4.52 Å². The van der Waals surface area contributed by atoms with Crippen LogP contribution in [-0.2, 0) is 11.2 Å². The van der Waals surface area contributed by atoms with Crippen LogP contribution in [0.3, 0.4) is 0 Å². The molecular weight excluding hydrogens is 380 g/mol. The Morgan fingerprint density at radius 1 is 1.20 bits per heavy atom. The van der Waals surface area contributed by atoms with Crippen LogP contribution < -0.4 is 5.32 Å². The van der Waals surface area contributed by atoms with Crippen molar-refractivity contribution in [1.29, 1.82) is 0 Å². The molecule has 1 saturated heterocycles. The second kappa shape index (κ2) is 9.07. The van der Waals surface area contributed by atoms with Crippen molar-refractivity contribution in [2.24, 2.45) is 5.92 Å². The first-order valence-electron chi connectivity index (χ1n) is 10.5. The van der Waals surface area contributed by atoms with Gasteiger partial charge in [-0.3, -0.25) is 9.59 Å². The molecule has 0 spiro atoms. The highest BCUT2D eigenvalue weighted by Gasteiger charge is 2.29. The van der Waals surface area contributed by atoms with Crippen LogP contribution in [0.25, 0.3) is 10.8 Å². The molecule has 2 aromatic carbocycles. The maximum atomic E-state index is 13.2. The Hall–Kier alpha value is -3.22. The Balaban J connectivity index is 1.33. The molecule has 2 amide bonds. The third-order valence-electron chi connectivity index (χ3n) is 5.54. The zero-order valence-corrected chi connectivity index (χ0v) is 17.1. The maximum Gasteiger partial charge on any atom is 0.254 e. The highest BCUT2D eigenvalue weighted by Crippen LogP contribution is 2.23. The molecule has 156 valence electrons. The van der Waals surface area contributed by atoms with Gasteiger partial charge in [-0.05, 0) is 43.0 Å². The smallest absolute Gasteiger partial charge is 0.254 e. The van der Waals surface area contributed by atoms with E-state index in [1.807, 2.05) is 47.4 Å². The highest BCUT2D eigenvalue weighted by atomic mass is 16.5. The first-order valence-corrected chi connectivity index (χ1v) is 10.5. The average Bonchev–Trinajstić information content (AvgIpc) is 3.20. The zero-order valence-electron chi connectivity index (χ0n) is 17.1. The topological polar surface area (TPSA) is 88.3 Å². The molecule has 4 rings (SSSR count). The monoisotopic (exact) mass is 406 g/mol. The number of nitrogens with zero attached hydrogens (tertiary/aromatic N) is 3. The number of carbonyl (C=O) groups is 2. The van der Waals surface area contributed by atoms with Crippen LogP contribution in [0.2, 0.25) is 0 Å². The summed E-state index contributed by atoms with van der Waals surface area (Å²) in [7, 11) is 0. The molecule has 7 nitrogen and oxygen atoms in total. The van der Waals surface area contributed by atoms with Crippen molar-refractivity contribution in [1.82, 2.24) is 20.4 Å². The number of fused-ring (bicyclic) bond motifs is 1. The second-order valence-electron chi connectivity index (χ2n) is 7.75. The molecule has 1 atom stereocenters. The normalized spacial score (nSPS) is 16.6. The number of piperidine rings is 1. The standard InChI is InChI=1S/C23H26N4O3/c1-16-25-21(30-26-16)12-5-13-24-22(28)18-9-6-14-27(15-18)23(29)20-11-4-8-17-7-2-3-10-19(17)20/h2-4,7-8,10-11,18H,5-6,9,12-15H2,1H3,(H,24,28). The van der Waals surface area contributed by atoms with Crippen molar-refractivity contribution >= 4 is 22.6 Å². The number of hydrogen-bond donors (Lipinski definition) is 1. The van der Waals surface area contributed by atoms with Gasteiger partial charge in [0.25, 0.3) is 5.91 Å². The Labute approximate surface area is 175 Å². The lowest BCUT2D eigenvalue weighted by molar-refractivity contribution is -0.126. The number of nitrogens with one attached hydrogen (secondary N) is 1. The van der Waals surface area contributed by atoms with Gasteiger partial charge in [-0.25, -0.2) is 0 Å². The largest absolute Gasteiger partial charge is 0.356 e. The number of carbonyl (C=O) groups excluding carboxylic acids is 2. The lowest BCUT2D eigenvalue weighted by atomic mass is 9.95. The van der Waals surface area contributed by atoms with E-state index in [-0.39, 0.29) is 17.7 Å². The van der Waals surface area contributed by atoms with Crippen molar-refractivity contribution < 1.29 is 14.1 Å². The predicted molar refractivity (Wildman–Crippen MR) is 113 cm³/mol. The van der Waals surface area contributed by atoms with Crippen LogP contribution in [0.5, 0.6) is 0 Å². The third-order valence-corrected chi connectivity index (χ3v) is 5.54. The Morgan fingerprint density at radius 2 is 2.03 bits per heavy atom. The van der Waals surface area contributed by atoms with E-state index in [2.05, 4.69) is 15.5 Å². The summed E-state index contributed by atoms with van der Waals surface area (Å²) in [4.78, 5) is 31.8. The van der Waals surface area contributed by atoms with Crippen molar-refractivity contribution in [3.8, 4) is 0 Å². The summed E-state index contributed by atoms with van der Waals surface area (Å²) in [5.41, 5.74) is 0.698. The fraction of sp³-hybridized carbons (Fsp3) is 0.391. The van der Waals surface area contributed by atoms with Gasteiger partial charge in [0, 0.05) is 31.6 Å². The molecule has 3 aromatic rings. The molecule has 2 heterocycles. The van der Waals surface area contributed by atoms with E-state index >= 15 is 0 Å². The summed E-state index contributed by atoms with van der Waals surface area (Å²) in [5.74, 6) is 1.03. The van der Waals surface area contributed by atoms with Crippen LogP contribution in [-0.4, -0.2) is 46.5 Å². The summed E-state index contributed by atoms with van der Waals surface area (Å²) in [6.07, 6.45) is 3.00. The molecule has 0 saturated carbocycles. The SMILES string of the molecule is Cc1noc(CCCNC(=O)C2CCCN(C(=O)c3cccc4ccccc34)C2)n1. The van der Waals surface area contributed by atoms with E-state index in [0.717, 1.165) is 30.0 Å². The van der Waals surface area contributed by atoms with Crippen molar-refractivity contribution in [2.75, 3.05) is 19.6 Å². The van der Waals surface area contributed by atoms with Crippen LogP contribution in [0, 0.1) is 12.8 Å². The molecule has 1 aliphatic rings. The summed E-state index contributed by atoms with van der Waals surface area (Å²) in [5, 5.41) is 8.75. The highest BCUT2D eigenvalue weighted by molar-refractivity contribution is 6.07. The molecule has 0 aliphatic carbocycles. The Morgan fingerprint density at radius 3 is 2.87 bits per heavy atom. The van der Waals surface area contributed by atoms with Crippen LogP contribution in [0.4, 0.5) is 0 Å². The molecule has 7 heteroatoms. The fourth-order valence-corrected chi connectivity index (χ4v) is 3.99. The van der Waals surface area contributed by atoms with Gasteiger partial charge in [0.1, 0.15) is 0 Å². The minimum Gasteiger partial charge on any atom is -0.356 e. The number of amides is 2. The van der Waals surface area contributed by atoms with E-state index in [0.29, 0.717) is 43.3 Å². The van der Waals surface area contributed by atoms with Gasteiger partial charge in [0.2, 0.25) is 11.8 Å². The number of benzene rings is 2. The summed E-state index contributed by atoms with van der Waals surface area (Å²) in [6, 6.07) is 13.7. The fourth-order valence-electron chi connectivity index (χ4n) is 3.99. The summed E-state index contributed by atoms with van der Waals surface area (Å²) in [6.45, 7) is 3.47. The minimum absolute atomic E-state index is 0.00364. The lowest BCUT2D eigenvalue weighted by Crippen LogP contribution is -2.45. The molecule has 30 heavy (non-hydrogen) atoms. The van der Waals surface area contributed by atoms with Crippen molar-refractivity contribution in [3.05, 3.63) is 59.7 Å². The third kappa shape index (κ3) is 4.50. The van der Waals surface area contributed by atoms with Gasteiger partial charge < -0.3 is 14.7 Å². The number of hydrogen-bond acceptors (Lipinski definition) is 5. The van der Waals surface area contributed by atoms with E-state index in [9.17, 15) is 9.59 Å².